The first-order valence-electron chi connectivity index (χ1n) is 6.91. The lowest BCUT2D eigenvalue weighted by Crippen LogP contribution is -2.26. The molecule has 0 aliphatic heterocycles. The summed E-state index contributed by atoms with van der Waals surface area (Å²) in [5, 5.41) is 17.8. The van der Waals surface area contributed by atoms with Crippen molar-refractivity contribution in [2.45, 2.75) is 45.7 Å². The van der Waals surface area contributed by atoms with Crippen LogP contribution >= 0.6 is 0 Å². The molecule has 0 aliphatic rings. The van der Waals surface area contributed by atoms with Gasteiger partial charge in [0, 0.05) is 26.1 Å². The Morgan fingerprint density at radius 2 is 1.24 bits per heavy atom. The SMILES string of the molecule is CCOC(CO)OC(=O)CCCC(=O)OC(CO)OCC. The Bertz CT molecular complexity index is 266. The Hall–Kier alpha value is -1.22. The number of aliphatic hydroxyl groups is 2. The molecule has 0 heterocycles. The van der Waals surface area contributed by atoms with Gasteiger partial charge in [0.05, 0.1) is 0 Å². The average molecular weight is 308 g/mol. The van der Waals surface area contributed by atoms with Crippen molar-refractivity contribution in [2.24, 2.45) is 0 Å². The lowest BCUT2D eigenvalue weighted by atomic mass is 10.2. The predicted molar refractivity (Wildman–Crippen MR) is 71.0 cm³/mol. The van der Waals surface area contributed by atoms with Gasteiger partial charge in [-0.05, 0) is 20.3 Å². The number of hydrogen-bond acceptors (Lipinski definition) is 8. The summed E-state index contributed by atoms with van der Waals surface area (Å²) in [6, 6.07) is 0. The molecule has 0 aliphatic carbocycles. The lowest BCUT2D eigenvalue weighted by Gasteiger charge is -2.16. The van der Waals surface area contributed by atoms with Crippen molar-refractivity contribution in [1.29, 1.82) is 0 Å². The van der Waals surface area contributed by atoms with Crippen LogP contribution in [0.4, 0.5) is 0 Å². The second-order valence-electron chi connectivity index (χ2n) is 3.97. The second kappa shape index (κ2) is 12.5. The third-order valence-electron chi connectivity index (χ3n) is 2.29. The number of rotatable bonds is 12. The number of esters is 2. The maximum atomic E-state index is 11.4. The molecular weight excluding hydrogens is 284 g/mol. The van der Waals surface area contributed by atoms with Crippen LogP contribution in [0.25, 0.3) is 0 Å². The monoisotopic (exact) mass is 308 g/mol. The van der Waals surface area contributed by atoms with Crippen molar-refractivity contribution in [3.8, 4) is 0 Å². The summed E-state index contributed by atoms with van der Waals surface area (Å²) in [5.41, 5.74) is 0. The molecule has 0 aromatic heterocycles. The zero-order valence-corrected chi connectivity index (χ0v) is 12.4. The predicted octanol–water partition coefficient (Wildman–Crippen LogP) is -0.0471. The van der Waals surface area contributed by atoms with Crippen LogP contribution < -0.4 is 0 Å². The third-order valence-corrected chi connectivity index (χ3v) is 2.29. The molecule has 0 rings (SSSR count). The summed E-state index contributed by atoms with van der Waals surface area (Å²) < 4.78 is 19.6. The van der Waals surface area contributed by atoms with Gasteiger partial charge in [0.2, 0.25) is 12.6 Å². The molecule has 0 spiro atoms. The van der Waals surface area contributed by atoms with E-state index in [-0.39, 0.29) is 19.3 Å². The van der Waals surface area contributed by atoms with Crippen molar-refractivity contribution >= 4 is 11.9 Å². The number of ether oxygens (including phenoxy) is 4. The topological polar surface area (TPSA) is 112 Å². The quantitative estimate of drug-likeness (QED) is 0.381. The fourth-order valence-electron chi connectivity index (χ4n) is 1.41. The fourth-order valence-corrected chi connectivity index (χ4v) is 1.41. The van der Waals surface area contributed by atoms with Crippen molar-refractivity contribution < 1.29 is 38.7 Å². The molecule has 0 bridgehead atoms. The molecule has 0 saturated carbocycles. The fraction of sp³-hybridized carbons (Fsp3) is 0.846. The van der Waals surface area contributed by atoms with Crippen LogP contribution in [0.1, 0.15) is 33.1 Å². The highest BCUT2D eigenvalue weighted by atomic mass is 16.7. The minimum atomic E-state index is -0.980. The van der Waals surface area contributed by atoms with E-state index < -0.39 is 37.7 Å². The number of aliphatic hydroxyl groups excluding tert-OH is 2. The molecule has 0 aromatic rings. The standard InChI is InChI=1S/C13H24O8/c1-3-18-12(8-14)20-10(16)6-5-7-11(17)21-13(9-15)19-4-2/h12-15H,3-9H2,1-2H3. The average Bonchev–Trinajstić information content (AvgIpc) is 2.46. The Kier molecular flexibility index (Phi) is 11.8. The normalized spacial score (nSPS) is 13.5. The van der Waals surface area contributed by atoms with Crippen LogP contribution in [-0.2, 0) is 28.5 Å². The van der Waals surface area contributed by atoms with Gasteiger partial charge in [-0.3, -0.25) is 9.59 Å². The van der Waals surface area contributed by atoms with E-state index in [1.165, 1.54) is 0 Å². The first-order valence-corrected chi connectivity index (χ1v) is 6.91. The lowest BCUT2D eigenvalue weighted by molar-refractivity contribution is -0.187. The van der Waals surface area contributed by atoms with Gasteiger partial charge in [-0.1, -0.05) is 0 Å². The molecule has 8 nitrogen and oxygen atoms in total. The minimum absolute atomic E-state index is 0.00288. The zero-order valence-electron chi connectivity index (χ0n) is 12.4. The molecule has 0 amide bonds. The van der Waals surface area contributed by atoms with Crippen LogP contribution in [0.2, 0.25) is 0 Å². The largest absolute Gasteiger partial charge is 0.433 e. The summed E-state index contributed by atoms with van der Waals surface area (Å²) in [6.45, 7) is 3.20. The van der Waals surface area contributed by atoms with Gasteiger partial charge in [-0.15, -0.1) is 0 Å². The Morgan fingerprint density at radius 3 is 1.52 bits per heavy atom. The minimum Gasteiger partial charge on any atom is -0.433 e. The van der Waals surface area contributed by atoms with E-state index in [4.69, 9.17) is 29.2 Å². The third kappa shape index (κ3) is 10.2. The maximum Gasteiger partial charge on any atom is 0.308 e. The second-order valence-corrected chi connectivity index (χ2v) is 3.97. The summed E-state index contributed by atoms with van der Waals surface area (Å²) in [6.07, 6.45) is -1.74. The molecule has 8 heteroatoms. The highest BCUT2D eigenvalue weighted by Crippen LogP contribution is 2.05. The summed E-state index contributed by atoms with van der Waals surface area (Å²) in [5.74, 6) is -1.14. The van der Waals surface area contributed by atoms with E-state index in [2.05, 4.69) is 0 Å². The summed E-state index contributed by atoms with van der Waals surface area (Å²) in [7, 11) is 0. The van der Waals surface area contributed by atoms with Gasteiger partial charge < -0.3 is 29.2 Å². The molecule has 2 unspecified atom stereocenters. The van der Waals surface area contributed by atoms with E-state index in [1.54, 1.807) is 13.8 Å². The number of carbonyl (C=O) groups is 2. The van der Waals surface area contributed by atoms with Gasteiger partial charge in [-0.2, -0.15) is 0 Å². The Balaban J connectivity index is 3.86. The van der Waals surface area contributed by atoms with Gasteiger partial charge in [0.25, 0.3) is 0 Å². The number of carbonyl (C=O) groups excluding carboxylic acids is 2. The van der Waals surface area contributed by atoms with Gasteiger partial charge >= 0.3 is 11.9 Å². The van der Waals surface area contributed by atoms with Crippen molar-refractivity contribution in [3.63, 3.8) is 0 Å². The van der Waals surface area contributed by atoms with Gasteiger partial charge in [0.1, 0.15) is 13.2 Å². The molecule has 124 valence electrons. The van der Waals surface area contributed by atoms with Crippen LogP contribution in [0.5, 0.6) is 0 Å². The molecule has 0 radical (unpaired) electrons. The van der Waals surface area contributed by atoms with Crippen LogP contribution in [-0.4, -0.2) is 61.2 Å². The van der Waals surface area contributed by atoms with Crippen molar-refractivity contribution in [2.75, 3.05) is 26.4 Å². The molecular formula is C13H24O8. The van der Waals surface area contributed by atoms with E-state index >= 15 is 0 Å². The van der Waals surface area contributed by atoms with Crippen LogP contribution in [0.15, 0.2) is 0 Å². The first-order chi connectivity index (χ1) is 10.1. The highest BCUT2D eigenvalue weighted by molar-refractivity contribution is 5.72. The van der Waals surface area contributed by atoms with E-state index in [1.807, 2.05) is 0 Å². The molecule has 0 aromatic carbocycles. The van der Waals surface area contributed by atoms with E-state index in [0.29, 0.717) is 13.2 Å². The van der Waals surface area contributed by atoms with Crippen LogP contribution in [0.3, 0.4) is 0 Å². The van der Waals surface area contributed by atoms with Gasteiger partial charge in [-0.25, -0.2) is 0 Å². The highest BCUT2D eigenvalue weighted by Gasteiger charge is 2.16. The van der Waals surface area contributed by atoms with Crippen LogP contribution in [0, 0.1) is 0 Å². The molecule has 0 saturated heterocycles. The molecule has 2 N–H and O–H groups in total. The van der Waals surface area contributed by atoms with Crippen molar-refractivity contribution in [1.82, 2.24) is 0 Å². The summed E-state index contributed by atoms with van der Waals surface area (Å²) in [4.78, 5) is 22.8. The number of hydrogen-bond donors (Lipinski definition) is 2. The molecule has 2 atom stereocenters. The van der Waals surface area contributed by atoms with E-state index in [0.717, 1.165) is 0 Å². The Labute approximate surface area is 123 Å². The summed E-state index contributed by atoms with van der Waals surface area (Å²) >= 11 is 0. The van der Waals surface area contributed by atoms with Gasteiger partial charge in [0.15, 0.2) is 0 Å². The van der Waals surface area contributed by atoms with E-state index in [9.17, 15) is 9.59 Å². The Morgan fingerprint density at radius 1 is 0.857 bits per heavy atom. The maximum absolute atomic E-state index is 11.4. The van der Waals surface area contributed by atoms with Crippen molar-refractivity contribution in [3.05, 3.63) is 0 Å². The zero-order chi connectivity index (χ0) is 16.1. The first kappa shape index (κ1) is 19.8. The smallest absolute Gasteiger partial charge is 0.308 e. The molecule has 0 fully saturated rings. The molecule has 21 heavy (non-hydrogen) atoms.